The fraction of sp³-hybridized carbons (Fsp3) is 0.143. The van der Waals surface area contributed by atoms with Crippen LogP contribution >= 0.6 is 0 Å². The topological polar surface area (TPSA) is 20.2 Å². The fourth-order valence-electron chi connectivity index (χ4n) is 0.949. The summed E-state index contributed by atoms with van der Waals surface area (Å²) in [4.78, 5) is 0. The lowest BCUT2D eigenvalue weighted by molar-refractivity contribution is 0.476. The van der Waals surface area contributed by atoms with E-state index in [0.29, 0.717) is 5.56 Å². The van der Waals surface area contributed by atoms with Crippen LogP contribution in [0.1, 0.15) is 5.56 Å². The van der Waals surface area contributed by atoms with Crippen molar-refractivity contribution < 1.29 is 5.11 Å². The molecule has 1 aromatic rings. The molecule has 50 valence electrons. The molecule has 0 aliphatic heterocycles. The van der Waals surface area contributed by atoms with Gasteiger partial charge < -0.3 is 5.11 Å². The van der Waals surface area contributed by atoms with Crippen LogP contribution in [0.3, 0.4) is 0 Å². The Morgan fingerprint density at radius 3 is 1.75 bits per heavy atom. The Labute approximate surface area is 77.2 Å². The van der Waals surface area contributed by atoms with E-state index < -0.39 is 0 Å². The summed E-state index contributed by atoms with van der Waals surface area (Å²) >= 11 is 0. The molecule has 0 aliphatic rings. The van der Waals surface area contributed by atoms with Gasteiger partial charge in [-0.2, -0.15) is 0 Å². The number of hydrogen-bond donors (Lipinski definition) is 1. The van der Waals surface area contributed by atoms with Gasteiger partial charge in [-0.15, -0.1) is 10.9 Å². The van der Waals surface area contributed by atoms with Gasteiger partial charge in [0.2, 0.25) is 0 Å². The van der Waals surface area contributed by atoms with E-state index in [1.165, 1.54) is 0 Å². The van der Waals surface area contributed by atoms with Gasteiger partial charge in [-0.25, -0.2) is 0 Å². The minimum absolute atomic E-state index is 0.0826. The van der Waals surface area contributed by atoms with E-state index in [1.807, 2.05) is 0 Å². The summed E-state index contributed by atoms with van der Waals surface area (Å²) in [6.07, 6.45) is 0. The second-order valence-corrected chi connectivity index (χ2v) is 2.63. The molecule has 1 rings (SSSR count). The summed E-state index contributed by atoms with van der Waals surface area (Å²) in [5.41, 5.74) is 1.18. The van der Waals surface area contributed by atoms with Crippen LogP contribution in [0.2, 0.25) is 0 Å². The average Bonchev–Trinajstić information content (AvgIpc) is 2.08. The molecule has 1 aromatic carbocycles. The van der Waals surface area contributed by atoms with Crippen molar-refractivity contribution in [2.75, 3.05) is 0 Å². The van der Waals surface area contributed by atoms with Gasteiger partial charge in [0.1, 0.15) is 37.1 Å². The first-order valence-corrected chi connectivity index (χ1v) is 3.38. The first-order valence-electron chi connectivity index (χ1n) is 3.38. The highest BCUT2D eigenvalue weighted by molar-refractivity contribution is 6.63. The second-order valence-electron chi connectivity index (χ2n) is 2.63. The molecule has 0 aliphatic carbocycles. The Morgan fingerprint density at radius 2 is 1.25 bits per heavy atom. The minimum Gasteiger partial charge on any atom is -0.508 e. The third-order valence-corrected chi connectivity index (χ3v) is 1.88. The summed E-state index contributed by atoms with van der Waals surface area (Å²) in [5, 5.41) is 9.35. The summed E-state index contributed by atoms with van der Waals surface area (Å²) in [6.45, 7) is 1.62. The van der Waals surface area contributed by atoms with E-state index in [4.69, 9.17) is 31.4 Å². The number of aromatic hydroxyl groups is 1. The number of rotatable bonds is 0. The third kappa shape index (κ3) is 1.17. The molecule has 0 aromatic heterocycles. The lowest BCUT2D eigenvalue weighted by Crippen LogP contribution is -2.48. The first-order chi connectivity index (χ1) is 5.46. The summed E-state index contributed by atoms with van der Waals surface area (Å²) in [6, 6.07) is 0. The Kier molecular flexibility index (Phi) is 2.31. The van der Waals surface area contributed by atoms with E-state index in [0.717, 1.165) is 0 Å². The first kappa shape index (κ1) is 9.37. The van der Waals surface area contributed by atoms with Gasteiger partial charge >= 0.3 is 0 Å². The van der Waals surface area contributed by atoms with Crippen LogP contribution in [-0.4, -0.2) is 36.5 Å². The molecule has 5 heteroatoms. The fourth-order valence-corrected chi connectivity index (χ4v) is 0.949. The van der Waals surface area contributed by atoms with Gasteiger partial charge in [0.05, 0.1) is 0 Å². The van der Waals surface area contributed by atoms with E-state index in [2.05, 4.69) is 0 Å². The third-order valence-electron chi connectivity index (χ3n) is 1.88. The largest absolute Gasteiger partial charge is 0.508 e. The maximum absolute atomic E-state index is 9.35. The molecule has 1 nitrogen and oxygen atoms in total. The summed E-state index contributed by atoms with van der Waals surface area (Å²) in [5.74, 6) is -0.0980. The van der Waals surface area contributed by atoms with Crippen molar-refractivity contribution in [3.8, 4) is 5.75 Å². The van der Waals surface area contributed by atoms with Crippen molar-refractivity contribution in [3.05, 3.63) is 5.56 Å². The van der Waals surface area contributed by atoms with E-state index >= 15 is 0 Å². The normalized spacial score (nSPS) is 10.1. The van der Waals surface area contributed by atoms with Crippen molar-refractivity contribution in [2.24, 2.45) is 0 Å². The van der Waals surface area contributed by atoms with Gasteiger partial charge in [0.25, 0.3) is 0 Å². The van der Waals surface area contributed by atoms with Crippen LogP contribution in [0.15, 0.2) is 0 Å². The van der Waals surface area contributed by atoms with Crippen molar-refractivity contribution in [3.63, 3.8) is 0 Å². The molecule has 8 radical (unpaired) electrons. The summed E-state index contributed by atoms with van der Waals surface area (Å²) < 4.78 is 0. The Bertz CT molecular complexity index is 230. The lowest BCUT2D eigenvalue weighted by atomic mass is 9.65. The standard InChI is InChI=1S/C7H4B4O/c1-2-3(8)4(9)5(10)6(11)7(2)12/h12H,1H3. The van der Waals surface area contributed by atoms with Crippen LogP contribution in [0.4, 0.5) is 0 Å². The number of phenolic OH excluding ortho intramolecular Hbond substituents is 1. The van der Waals surface area contributed by atoms with E-state index in [9.17, 15) is 5.11 Å². The van der Waals surface area contributed by atoms with Crippen molar-refractivity contribution in [2.45, 2.75) is 6.92 Å². The van der Waals surface area contributed by atoms with Gasteiger partial charge in [-0.1, -0.05) is 10.9 Å². The lowest BCUT2D eigenvalue weighted by Gasteiger charge is -2.15. The molecule has 1 N–H and O–H groups in total. The molecular formula is C7H4B4O. The zero-order valence-electron chi connectivity index (χ0n) is 6.76. The second kappa shape index (κ2) is 2.96. The molecule has 0 amide bonds. The predicted molar refractivity (Wildman–Crippen MR) is 54.4 cm³/mol. The van der Waals surface area contributed by atoms with Crippen LogP contribution in [0.25, 0.3) is 0 Å². The van der Waals surface area contributed by atoms with Crippen molar-refractivity contribution in [1.29, 1.82) is 0 Å². The Morgan fingerprint density at radius 1 is 0.833 bits per heavy atom. The zero-order valence-corrected chi connectivity index (χ0v) is 6.76. The Hall–Kier alpha value is -0.720. The molecule has 12 heavy (non-hydrogen) atoms. The average molecular weight is 147 g/mol. The van der Waals surface area contributed by atoms with E-state index in [-0.39, 0.29) is 27.6 Å². The smallest absolute Gasteiger partial charge is 0.118 e. The molecule has 0 saturated heterocycles. The van der Waals surface area contributed by atoms with Gasteiger partial charge in [-0.05, 0) is 12.5 Å². The highest BCUT2D eigenvalue weighted by Crippen LogP contribution is 2.04. The molecular weight excluding hydrogens is 143 g/mol. The molecule has 0 spiro atoms. The van der Waals surface area contributed by atoms with E-state index in [1.54, 1.807) is 6.92 Å². The monoisotopic (exact) mass is 148 g/mol. The van der Waals surface area contributed by atoms with Crippen LogP contribution in [0, 0.1) is 6.92 Å². The highest BCUT2D eigenvalue weighted by Gasteiger charge is 2.08. The maximum atomic E-state index is 9.35. The molecule has 0 heterocycles. The summed E-state index contributed by atoms with van der Waals surface area (Å²) in [7, 11) is 21.9. The number of benzene rings is 1. The number of hydrogen-bond acceptors (Lipinski definition) is 1. The molecule has 0 atom stereocenters. The number of phenols is 1. The van der Waals surface area contributed by atoms with Crippen LogP contribution < -0.4 is 21.9 Å². The van der Waals surface area contributed by atoms with Crippen LogP contribution in [0.5, 0.6) is 5.75 Å². The van der Waals surface area contributed by atoms with Crippen LogP contribution in [-0.2, 0) is 0 Å². The van der Waals surface area contributed by atoms with Crippen molar-refractivity contribution >= 4 is 53.2 Å². The predicted octanol–water partition coefficient (Wildman–Crippen LogP) is -3.12. The molecule has 0 saturated carbocycles. The highest BCUT2D eigenvalue weighted by atomic mass is 16.3. The Balaban J connectivity index is 3.60. The quantitative estimate of drug-likeness (QED) is 0.385. The molecule has 0 unspecified atom stereocenters. The SMILES string of the molecule is [B]c1c([B])c([B])c(O)c(C)c1[B]. The van der Waals surface area contributed by atoms with Gasteiger partial charge in [0.15, 0.2) is 0 Å². The maximum Gasteiger partial charge on any atom is 0.118 e. The van der Waals surface area contributed by atoms with Crippen molar-refractivity contribution in [1.82, 2.24) is 0 Å². The minimum atomic E-state index is -0.0980. The van der Waals surface area contributed by atoms with Gasteiger partial charge in [0, 0.05) is 0 Å². The zero-order chi connectivity index (χ0) is 9.46. The molecule has 0 fully saturated rings. The molecule has 0 bridgehead atoms. The van der Waals surface area contributed by atoms with Gasteiger partial charge in [-0.3, -0.25) is 0 Å².